The van der Waals surface area contributed by atoms with Crippen molar-refractivity contribution < 1.29 is 28.6 Å². The summed E-state index contributed by atoms with van der Waals surface area (Å²) in [5, 5.41) is 19.8. The van der Waals surface area contributed by atoms with Gasteiger partial charge in [0.05, 0.1) is 12.7 Å². The van der Waals surface area contributed by atoms with Crippen molar-refractivity contribution in [2.45, 2.75) is 134 Å². The molecule has 1 heterocycles. The molecule has 2 N–H and O–H groups in total. The number of aliphatic hydroxyl groups is 2. The van der Waals surface area contributed by atoms with Gasteiger partial charge in [0.25, 0.3) is 0 Å². The van der Waals surface area contributed by atoms with Gasteiger partial charge in [-0.3, -0.25) is 0 Å². The second kappa shape index (κ2) is 12.6. The molecule has 37 heavy (non-hydrogen) atoms. The van der Waals surface area contributed by atoms with Gasteiger partial charge in [-0.2, -0.15) is 0 Å². The van der Waals surface area contributed by atoms with Crippen LogP contribution in [0, 0.1) is 11.8 Å². The highest BCUT2D eigenvalue weighted by molar-refractivity contribution is 6.74. The van der Waals surface area contributed by atoms with Crippen molar-refractivity contribution >= 4 is 22.6 Å². The second-order valence-corrected chi connectivity index (χ2v) is 23.6. The van der Waals surface area contributed by atoms with Gasteiger partial charge in [0.15, 0.2) is 16.6 Å². The lowest BCUT2D eigenvalue weighted by Crippen LogP contribution is -2.46. The molecule has 2 rings (SSSR count). The van der Waals surface area contributed by atoms with Crippen LogP contribution in [-0.4, -0.2) is 63.8 Å². The lowest BCUT2D eigenvalue weighted by atomic mass is 9.90. The first-order chi connectivity index (χ1) is 16.9. The normalized spacial score (nSPS) is 31.4. The Bertz CT molecular complexity index is 808. The number of ether oxygens (including phenoxy) is 1. The Kier molecular flexibility index (Phi) is 11.0. The van der Waals surface area contributed by atoms with Crippen LogP contribution in [0.4, 0.5) is 0 Å². The van der Waals surface area contributed by atoms with Crippen LogP contribution in [0.15, 0.2) is 24.3 Å². The third-order valence-corrected chi connectivity index (χ3v) is 18.1. The van der Waals surface area contributed by atoms with Crippen LogP contribution < -0.4 is 0 Å². The Labute approximate surface area is 228 Å². The minimum atomic E-state index is -2.14. The molecule has 0 radical (unpaired) electrons. The highest BCUT2D eigenvalue weighted by atomic mass is 28.4. The number of carbonyl (C=O) groups excluding carboxylic acids is 1. The molecule has 0 aromatic heterocycles. The van der Waals surface area contributed by atoms with E-state index >= 15 is 0 Å². The Morgan fingerprint density at radius 3 is 2.16 bits per heavy atom. The number of fused-ring (bicyclic) bond motifs is 1. The van der Waals surface area contributed by atoms with Gasteiger partial charge in [-0.25, -0.2) is 4.79 Å². The summed E-state index contributed by atoms with van der Waals surface area (Å²) in [6, 6.07) is 0. The smallest absolute Gasteiger partial charge is 0.330 e. The van der Waals surface area contributed by atoms with Crippen LogP contribution in [0.3, 0.4) is 0 Å². The topological polar surface area (TPSA) is 85.2 Å². The molecule has 0 unspecified atom stereocenters. The maximum Gasteiger partial charge on any atom is 0.330 e. The maximum atomic E-state index is 12.8. The summed E-state index contributed by atoms with van der Waals surface area (Å²) in [5.41, 5.74) is 0. The number of hydrogen-bond acceptors (Lipinski definition) is 6. The molecule has 0 amide bonds. The standard InChI is InChI=1S/C29H54O6Si2/c1-28(2,3)36(7,8)34-22-18-21-14-12-11-13-15-26(24(31)20-30)33-27(32)17-16-25(23(21)19-22)35-37(9,10)29(4,5)6/h12,14,16-17,21-26,30-31H,11,13,15,18-20H2,1-10H3/b14-12+,17-16+/t21-,22+,23-,24-,25-,26-/m1/s1. The highest BCUT2D eigenvalue weighted by Crippen LogP contribution is 2.46. The zero-order chi connectivity index (χ0) is 28.2. The fourth-order valence-electron chi connectivity index (χ4n) is 4.65. The van der Waals surface area contributed by atoms with Crippen LogP contribution in [0.2, 0.25) is 36.3 Å². The molecular formula is C29H54O6Si2. The molecule has 1 aliphatic carbocycles. The number of rotatable bonds is 6. The molecule has 6 nitrogen and oxygen atoms in total. The summed E-state index contributed by atoms with van der Waals surface area (Å²) in [5.74, 6) is -0.00859. The molecule has 0 spiro atoms. The van der Waals surface area contributed by atoms with Crippen LogP contribution >= 0.6 is 0 Å². The first-order valence-electron chi connectivity index (χ1n) is 14.1. The van der Waals surface area contributed by atoms with E-state index in [-0.39, 0.29) is 28.2 Å². The predicted molar refractivity (Wildman–Crippen MR) is 155 cm³/mol. The summed E-state index contributed by atoms with van der Waals surface area (Å²) in [4.78, 5) is 12.8. The average molecular weight is 555 g/mol. The first kappa shape index (κ1) is 32.4. The van der Waals surface area contributed by atoms with Crippen LogP contribution in [-0.2, 0) is 18.4 Å². The van der Waals surface area contributed by atoms with Crippen molar-refractivity contribution in [2.75, 3.05) is 6.61 Å². The lowest BCUT2D eigenvalue weighted by molar-refractivity contribution is -0.151. The van der Waals surface area contributed by atoms with Gasteiger partial charge in [-0.05, 0) is 86.3 Å². The van der Waals surface area contributed by atoms with Crippen LogP contribution in [0.25, 0.3) is 0 Å². The highest BCUT2D eigenvalue weighted by Gasteiger charge is 2.47. The monoisotopic (exact) mass is 554 g/mol. The van der Waals surface area contributed by atoms with E-state index < -0.39 is 41.4 Å². The van der Waals surface area contributed by atoms with Gasteiger partial charge in [0.1, 0.15) is 12.2 Å². The summed E-state index contributed by atoms with van der Waals surface area (Å²) in [6.07, 6.45) is 9.96. The van der Waals surface area contributed by atoms with Gasteiger partial charge >= 0.3 is 5.97 Å². The maximum absolute atomic E-state index is 12.8. The average Bonchev–Trinajstić information content (AvgIpc) is 3.14. The summed E-state index contributed by atoms with van der Waals surface area (Å²) in [6.45, 7) is 22.2. The van der Waals surface area contributed by atoms with Gasteiger partial charge in [0.2, 0.25) is 0 Å². The van der Waals surface area contributed by atoms with E-state index in [2.05, 4.69) is 79.9 Å². The minimum Gasteiger partial charge on any atom is -0.456 e. The molecule has 0 bridgehead atoms. The van der Waals surface area contributed by atoms with E-state index in [4.69, 9.17) is 13.6 Å². The SMILES string of the molecule is CC(C)(C)[Si](C)(C)O[C@@H]1C[C@@H]2[C@H](/C=C/CCC[C@H]([C@H](O)CO)OC(=O)/C=C/[C@H]2O[Si](C)(C)C(C)(C)C)C1. The Hall–Kier alpha value is -0.776. The van der Waals surface area contributed by atoms with Gasteiger partial charge in [0, 0.05) is 12.2 Å². The van der Waals surface area contributed by atoms with Crippen molar-refractivity contribution in [3.8, 4) is 0 Å². The third-order valence-electron chi connectivity index (χ3n) is 9.09. The van der Waals surface area contributed by atoms with Gasteiger partial charge in [-0.15, -0.1) is 0 Å². The quantitative estimate of drug-likeness (QED) is 0.226. The van der Waals surface area contributed by atoms with E-state index in [1.165, 1.54) is 6.08 Å². The zero-order valence-corrected chi connectivity index (χ0v) is 27.0. The molecule has 1 aliphatic heterocycles. The molecule has 1 fully saturated rings. The van der Waals surface area contributed by atoms with Crippen molar-refractivity contribution in [3.63, 3.8) is 0 Å². The largest absolute Gasteiger partial charge is 0.456 e. The van der Waals surface area contributed by atoms with E-state index in [9.17, 15) is 15.0 Å². The lowest BCUT2D eigenvalue weighted by Gasteiger charge is -2.41. The number of allylic oxidation sites excluding steroid dienone is 2. The second-order valence-electron chi connectivity index (χ2n) is 14.1. The fourth-order valence-corrected chi connectivity index (χ4v) is 7.31. The Balaban J connectivity index is 2.41. The van der Waals surface area contributed by atoms with Crippen LogP contribution in [0.1, 0.15) is 73.6 Å². The molecule has 0 aromatic rings. The fraction of sp³-hybridized carbons (Fsp3) is 0.828. The Morgan fingerprint density at radius 1 is 1.00 bits per heavy atom. The molecule has 214 valence electrons. The minimum absolute atomic E-state index is 0.0276. The number of esters is 1. The van der Waals surface area contributed by atoms with Crippen molar-refractivity contribution in [1.29, 1.82) is 0 Å². The van der Waals surface area contributed by atoms with Crippen molar-refractivity contribution in [3.05, 3.63) is 24.3 Å². The molecular weight excluding hydrogens is 500 g/mol. The number of hydrogen-bond donors (Lipinski definition) is 2. The zero-order valence-electron chi connectivity index (χ0n) is 25.0. The van der Waals surface area contributed by atoms with E-state index in [0.29, 0.717) is 12.3 Å². The summed E-state index contributed by atoms with van der Waals surface area (Å²) < 4.78 is 19.4. The first-order valence-corrected chi connectivity index (χ1v) is 19.9. The molecule has 6 atom stereocenters. The Morgan fingerprint density at radius 2 is 1.59 bits per heavy atom. The molecule has 0 saturated heterocycles. The third kappa shape index (κ3) is 8.87. The van der Waals surface area contributed by atoms with Crippen molar-refractivity contribution in [2.24, 2.45) is 11.8 Å². The summed E-state index contributed by atoms with van der Waals surface area (Å²) >= 11 is 0. The van der Waals surface area contributed by atoms with E-state index in [1.54, 1.807) is 0 Å². The predicted octanol–water partition coefficient (Wildman–Crippen LogP) is 6.35. The molecule has 0 aromatic carbocycles. The molecule has 1 saturated carbocycles. The van der Waals surface area contributed by atoms with Crippen molar-refractivity contribution in [1.82, 2.24) is 0 Å². The van der Waals surface area contributed by atoms with Gasteiger partial charge < -0.3 is 23.8 Å². The van der Waals surface area contributed by atoms with Crippen LogP contribution in [0.5, 0.6) is 0 Å². The van der Waals surface area contributed by atoms with E-state index in [1.807, 2.05) is 6.08 Å². The summed E-state index contributed by atoms with van der Waals surface area (Å²) in [7, 11) is -4.07. The van der Waals surface area contributed by atoms with E-state index in [0.717, 1.165) is 25.7 Å². The number of aliphatic hydroxyl groups excluding tert-OH is 2. The molecule has 8 heteroatoms. The molecule has 2 aliphatic rings. The number of carbonyl (C=O) groups is 1. The van der Waals surface area contributed by atoms with Gasteiger partial charge in [-0.1, -0.05) is 53.7 Å². The number of cyclic esters (lactones) is 1.